The lowest BCUT2D eigenvalue weighted by atomic mass is 9.82. The van der Waals surface area contributed by atoms with Crippen molar-refractivity contribution in [1.82, 2.24) is 10.2 Å². The minimum atomic E-state index is -1.44. The highest BCUT2D eigenvalue weighted by atomic mass is 35.5. The molecule has 214 valence electrons. The van der Waals surface area contributed by atoms with Crippen LogP contribution in [0.4, 0.5) is 25.4 Å². The maximum Gasteiger partial charge on any atom is 0.412 e. The Morgan fingerprint density at radius 1 is 1.20 bits per heavy atom. The molecular formula is C27H30ClFN4O7. The zero-order valence-corrected chi connectivity index (χ0v) is 23.0. The minimum Gasteiger partial charge on any atom is -0.453 e. The van der Waals surface area contributed by atoms with Crippen LogP contribution >= 0.6 is 11.6 Å². The molecule has 2 heterocycles. The van der Waals surface area contributed by atoms with Crippen molar-refractivity contribution in [3.63, 3.8) is 0 Å². The first kappa shape index (κ1) is 29.1. The number of benzene rings is 2. The van der Waals surface area contributed by atoms with Gasteiger partial charge in [0.15, 0.2) is 11.4 Å². The van der Waals surface area contributed by atoms with E-state index in [0.717, 1.165) is 0 Å². The Bertz CT molecular complexity index is 1310. The van der Waals surface area contributed by atoms with E-state index in [9.17, 15) is 19.2 Å². The highest BCUT2D eigenvalue weighted by molar-refractivity contribution is 6.31. The molecule has 2 aromatic carbocycles. The number of methoxy groups -OCH3 is 2. The fourth-order valence-corrected chi connectivity index (χ4v) is 5.10. The minimum absolute atomic E-state index is 0.0867. The van der Waals surface area contributed by atoms with Crippen molar-refractivity contribution >= 4 is 47.0 Å². The van der Waals surface area contributed by atoms with E-state index < -0.39 is 41.5 Å². The molecule has 11 nitrogen and oxygen atoms in total. The molecule has 3 N–H and O–H groups in total. The van der Waals surface area contributed by atoms with Crippen LogP contribution in [0.2, 0.25) is 5.02 Å². The molecule has 0 aliphatic carbocycles. The molecule has 1 saturated heterocycles. The number of rotatable bonds is 7. The summed E-state index contributed by atoms with van der Waals surface area (Å²) in [4.78, 5) is 52.2. The number of ether oxygens (including phenoxy) is 3. The van der Waals surface area contributed by atoms with Gasteiger partial charge in [-0.2, -0.15) is 0 Å². The van der Waals surface area contributed by atoms with E-state index in [0.29, 0.717) is 18.7 Å². The number of nitrogens with one attached hydrogen (secondary N) is 3. The molecule has 1 spiro atoms. The van der Waals surface area contributed by atoms with Gasteiger partial charge in [-0.15, -0.1) is 0 Å². The lowest BCUT2D eigenvalue weighted by Crippen LogP contribution is -2.57. The zero-order chi connectivity index (χ0) is 29.0. The Balaban J connectivity index is 1.56. The summed E-state index contributed by atoms with van der Waals surface area (Å²) in [6.45, 7) is 1.95. The zero-order valence-electron chi connectivity index (χ0n) is 22.2. The van der Waals surface area contributed by atoms with Crippen LogP contribution in [-0.4, -0.2) is 68.4 Å². The second-order valence-electron chi connectivity index (χ2n) is 9.66. The fraction of sp³-hybridized carbons (Fsp3) is 0.407. The number of hydrogen-bond donors (Lipinski definition) is 3. The van der Waals surface area contributed by atoms with Crippen molar-refractivity contribution in [1.29, 1.82) is 0 Å². The van der Waals surface area contributed by atoms with Gasteiger partial charge in [0.05, 0.1) is 36.0 Å². The number of halogens is 2. The Labute approximate surface area is 235 Å². The SMILES string of the molecule is COC(=O)Nc1ccc(C(=O)N[C@@H](C[C@@H](C)OC)C(=O)N2CCC[C@@]3(C2)OC(=O)Nc2ccc(Cl)c(F)c23)cc1. The van der Waals surface area contributed by atoms with Gasteiger partial charge in [-0.25, -0.2) is 14.0 Å². The number of anilines is 2. The van der Waals surface area contributed by atoms with Crippen LogP contribution in [0.15, 0.2) is 36.4 Å². The Kier molecular flexibility index (Phi) is 8.79. The van der Waals surface area contributed by atoms with Gasteiger partial charge in [-0.3, -0.25) is 20.2 Å². The first-order chi connectivity index (χ1) is 19.1. The standard InChI is InChI=1S/C27H30ClFN4O7/c1-15(38-2)13-20(31-23(34)16-5-7-17(8-6-16)30-25(36)39-3)24(35)33-12-4-11-27(14-33)21-19(32-26(37)40-27)10-9-18(28)22(21)29/h5-10,15,20H,4,11-14H2,1-3H3,(H,30,36)(H,31,34)(H,32,37)/t15-,20+,27+/m1/s1. The summed E-state index contributed by atoms with van der Waals surface area (Å²) in [7, 11) is 2.73. The van der Waals surface area contributed by atoms with Crippen molar-refractivity contribution in [3.8, 4) is 0 Å². The van der Waals surface area contributed by atoms with Crippen molar-refractivity contribution in [2.45, 2.75) is 43.9 Å². The highest BCUT2D eigenvalue weighted by Gasteiger charge is 2.49. The van der Waals surface area contributed by atoms with Gasteiger partial charge < -0.3 is 24.4 Å². The first-order valence-electron chi connectivity index (χ1n) is 12.6. The number of carbonyl (C=O) groups excluding carboxylic acids is 4. The van der Waals surface area contributed by atoms with Gasteiger partial charge in [-0.1, -0.05) is 11.6 Å². The maximum atomic E-state index is 15.3. The van der Waals surface area contributed by atoms with Crippen molar-refractivity contribution in [2.24, 2.45) is 0 Å². The van der Waals surface area contributed by atoms with Crippen LogP contribution in [0, 0.1) is 5.82 Å². The second kappa shape index (κ2) is 12.1. The topological polar surface area (TPSA) is 135 Å². The summed E-state index contributed by atoms with van der Waals surface area (Å²) in [5, 5.41) is 7.63. The lowest BCUT2D eigenvalue weighted by molar-refractivity contribution is -0.142. The molecule has 0 aromatic heterocycles. The number of carbonyl (C=O) groups is 4. The molecule has 13 heteroatoms. The predicted molar refractivity (Wildman–Crippen MR) is 144 cm³/mol. The van der Waals surface area contributed by atoms with E-state index in [2.05, 4.69) is 20.7 Å². The number of hydrogen-bond acceptors (Lipinski definition) is 7. The molecule has 0 unspecified atom stereocenters. The molecule has 2 aromatic rings. The third-order valence-electron chi connectivity index (χ3n) is 6.99. The summed E-state index contributed by atoms with van der Waals surface area (Å²) >= 11 is 6.05. The summed E-state index contributed by atoms with van der Waals surface area (Å²) in [6, 6.07) is 7.89. The van der Waals surface area contributed by atoms with Crippen LogP contribution in [0.25, 0.3) is 0 Å². The Morgan fingerprint density at radius 2 is 1.93 bits per heavy atom. The second-order valence-corrected chi connectivity index (χ2v) is 10.1. The largest absolute Gasteiger partial charge is 0.453 e. The molecule has 0 radical (unpaired) electrons. The molecule has 4 amide bonds. The van der Waals surface area contributed by atoms with Crippen LogP contribution < -0.4 is 16.0 Å². The molecule has 3 atom stereocenters. The Hall–Kier alpha value is -3.90. The summed E-state index contributed by atoms with van der Waals surface area (Å²) in [5.41, 5.74) is -0.443. The smallest absolute Gasteiger partial charge is 0.412 e. The third kappa shape index (κ3) is 6.13. The molecule has 2 aliphatic rings. The molecule has 2 aliphatic heterocycles. The van der Waals surface area contributed by atoms with Crippen LogP contribution in [-0.2, 0) is 24.6 Å². The molecule has 1 fully saturated rings. The van der Waals surface area contributed by atoms with E-state index in [-0.39, 0.29) is 47.3 Å². The monoisotopic (exact) mass is 576 g/mol. The molecule has 0 bridgehead atoms. The molecule has 40 heavy (non-hydrogen) atoms. The van der Waals surface area contributed by atoms with Gasteiger partial charge in [0.2, 0.25) is 5.91 Å². The van der Waals surface area contributed by atoms with Crippen LogP contribution in [0.1, 0.15) is 42.1 Å². The fourth-order valence-electron chi connectivity index (χ4n) is 4.95. The van der Waals surface area contributed by atoms with Gasteiger partial charge in [0.25, 0.3) is 5.91 Å². The average molecular weight is 577 g/mol. The van der Waals surface area contributed by atoms with E-state index in [4.69, 9.17) is 21.1 Å². The van der Waals surface area contributed by atoms with Gasteiger partial charge >= 0.3 is 12.2 Å². The normalized spacial score (nSPS) is 19.5. The number of amides is 4. The van der Waals surface area contributed by atoms with E-state index in [1.165, 1.54) is 55.5 Å². The molecule has 0 saturated carbocycles. The summed E-state index contributed by atoms with van der Waals surface area (Å²) in [6.07, 6.45) is -0.935. The lowest BCUT2D eigenvalue weighted by Gasteiger charge is -2.45. The predicted octanol–water partition coefficient (Wildman–Crippen LogP) is 4.26. The quantitative estimate of drug-likeness (QED) is 0.448. The van der Waals surface area contributed by atoms with Crippen molar-refractivity contribution < 1.29 is 37.8 Å². The number of likely N-dealkylation sites (tertiary alicyclic amines) is 1. The van der Waals surface area contributed by atoms with Crippen LogP contribution in [0.3, 0.4) is 0 Å². The summed E-state index contributed by atoms with van der Waals surface area (Å²) in [5.74, 6) is -1.68. The third-order valence-corrected chi connectivity index (χ3v) is 7.29. The highest BCUT2D eigenvalue weighted by Crippen LogP contribution is 2.45. The van der Waals surface area contributed by atoms with Crippen molar-refractivity contribution in [3.05, 3.63) is 58.4 Å². The van der Waals surface area contributed by atoms with Crippen LogP contribution in [0.5, 0.6) is 0 Å². The van der Waals surface area contributed by atoms with Gasteiger partial charge in [-0.05, 0) is 56.2 Å². The average Bonchev–Trinajstić information content (AvgIpc) is 2.94. The van der Waals surface area contributed by atoms with Gasteiger partial charge in [0, 0.05) is 31.3 Å². The Morgan fingerprint density at radius 3 is 2.60 bits per heavy atom. The molecule has 4 rings (SSSR count). The number of nitrogens with zero attached hydrogens (tertiary/aromatic N) is 1. The van der Waals surface area contributed by atoms with Crippen molar-refractivity contribution in [2.75, 3.05) is 37.9 Å². The number of fused-ring (bicyclic) bond motifs is 2. The van der Waals surface area contributed by atoms with E-state index in [1.54, 1.807) is 6.92 Å². The first-order valence-corrected chi connectivity index (χ1v) is 13.0. The van der Waals surface area contributed by atoms with E-state index in [1.807, 2.05) is 0 Å². The van der Waals surface area contributed by atoms with E-state index >= 15 is 4.39 Å². The maximum absolute atomic E-state index is 15.3. The van der Waals surface area contributed by atoms with Gasteiger partial charge in [0.1, 0.15) is 6.04 Å². The molecular weight excluding hydrogens is 547 g/mol. The summed E-state index contributed by atoms with van der Waals surface area (Å²) < 4.78 is 30.8. The number of piperidine rings is 1.